The lowest BCUT2D eigenvalue weighted by atomic mass is 9.97. The maximum absolute atomic E-state index is 12.9. The minimum absolute atomic E-state index is 0.0252. The number of nitrogens with one attached hydrogen (secondary N) is 1. The Morgan fingerprint density at radius 2 is 1.93 bits per heavy atom. The van der Waals surface area contributed by atoms with Gasteiger partial charge in [0, 0.05) is 10.4 Å². The lowest BCUT2D eigenvalue weighted by Crippen LogP contribution is -2.37. The van der Waals surface area contributed by atoms with E-state index in [1.54, 1.807) is 11.3 Å². The van der Waals surface area contributed by atoms with Crippen molar-refractivity contribution >= 4 is 27.5 Å². The number of methoxy groups -OCH3 is 1. The highest BCUT2D eigenvalue weighted by Crippen LogP contribution is 2.35. The lowest BCUT2D eigenvalue weighted by Gasteiger charge is -2.30. The summed E-state index contributed by atoms with van der Waals surface area (Å²) in [5.74, 6) is 0.522. The summed E-state index contributed by atoms with van der Waals surface area (Å²) in [5.41, 5.74) is 3.12. The van der Waals surface area contributed by atoms with Crippen molar-refractivity contribution in [1.82, 2.24) is 14.9 Å². The van der Waals surface area contributed by atoms with Crippen LogP contribution < -0.4 is 5.56 Å². The van der Waals surface area contributed by atoms with Crippen molar-refractivity contribution in [2.24, 2.45) is 5.92 Å². The van der Waals surface area contributed by atoms with Crippen LogP contribution in [0.3, 0.4) is 0 Å². The number of carbonyl (C=O) groups is 1. The molecule has 0 saturated carbocycles. The molecule has 6 nitrogen and oxygen atoms in total. The topological polar surface area (TPSA) is 75.3 Å². The predicted octanol–water partition coefficient (Wildman–Crippen LogP) is 3.65. The van der Waals surface area contributed by atoms with Crippen LogP contribution in [0.2, 0.25) is 0 Å². The molecule has 3 aromatic rings. The number of rotatable bonds is 4. The first-order chi connectivity index (χ1) is 14.0. The van der Waals surface area contributed by atoms with Crippen LogP contribution in [0.4, 0.5) is 0 Å². The van der Waals surface area contributed by atoms with Gasteiger partial charge in [0.2, 0.25) is 0 Å². The van der Waals surface area contributed by atoms with Gasteiger partial charge in [-0.15, -0.1) is 11.3 Å². The van der Waals surface area contributed by atoms with Gasteiger partial charge in [-0.05, 0) is 45.3 Å². The second-order valence-electron chi connectivity index (χ2n) is 7.67. The molecular weight excluding hydrogens is 386 g/mol. The zero-order chi connectivity index (χ0) is 20.5. The van der Waals surface area contributed by atoms with Gasteiger partial charge in [0.1, 0.15) is 10.7 Å². The molecule has 1 fully saturated rings. The Kier molecular flexibility index (Phi) is 5.52. The lowest BCUT2D eigenvalue weighted by molar-refractivity contribution is -0.147. The van der Waals surface area contributed by atoms with Gasteiger partial charge in [0.25, 0.3) is 5.56 Å². The number of hydrogen-bond donors (Lipinski definition) is 1. The van der Waals surface area contributed by atoms with E-state index in [1.807, 2.05) is 6.92 Å². The largest absolute Gasteiger partial charge is 0.469 e. The van der Waals surface area contributed by atoms with Gasteiger partial charge < -0.3 is 9.72 Å². The summed E-state index contributed by atoms with van der Waals surface area (Å²) in [7, 11) is 1.44. The molecule has 4 rings (SSSR count). The van der Waals surface area contributed by atoms with Crippen molar-refractivity contribution in [2.45, 2.75) is 33.2 Å². The van der Waals surface area contributed by atoms with Crippen molar-refractivity contribution in [3.63, 3.8) is 0 Å². The van der Waals surface area contributed by atoms with Crippen LogP contribution in [-0.2, 0) is 16.1 Å². The summed E-state index contributed by atoms with van der Waals surface area (Å²) >= 11 is 1.56. The zero-order valence-corrected chi connectivity index (χ0v) is 17.8. The Labute approximate surface area is 173 Å². The van der Waals surface area contributed by atoms with Crippen LogP contribution in [-0.4, -0.2) is 41.0 Å². The highest BCUT2D eigenvalue weighted by atomic mass is 32.1. The third-order valence-electron chi connectivity index (χ3n) is 5.62. The van der Waals surface area contributed by atoms with E-state index in [-0.39, 0.29) is 17.4 Å². The van der Waals surface area contributed by atoms with E-state index in [0.29, 0.717) is 17.8 Å². The average molecular weight is 412 g/mol. The summed E-state index contributed by atoms with van der Waals surface area (Å²) < 4.78 is 4.85. The summed E-state index contributed by atoms with van der Waals surface area (Å²) in [6.07, 6.45) is 1.55. The SMILES string of the molecule is COC(=O)C1CCN(Cc2nc3sc(C)c(-c4ccc(C)cc4)c3c(=O)[nH]2)CC1. The quantitative estimate of drug-likeness (QED) is 0.663. The van der Waals surface area contributed by atoms with Crippen LogP contribution in [0.15, 0.2) is 29.1 Å². The van der Waals surface area contributed by atoms with Gasteiger partial charge in [0.15, 0.2) is 0 Å². The van der Waals surface area contributed by atoms with Gasteiger partial charge >= 0.3 is 5.97 Å². The molecule has 0 amide bonds. The Morgan fingerprint density at radius 3 is 2.59 bits per heavy atom. The number of aromatic nitrogens is 2. The normalized spacial score (nSPS) is 15.7. The van der Waals surface area contributed by atoms with Crippen LogP contribution in [0.5, 0.6) is 0 Å². The molecule has 3 heterocycles. The molecule has 1 aliphatic rings. The van der Waals surface area contributed by atoms with Gasteiger partial charge in [0.05, 0.1) is 25.0 Å². The van der Waals surface area contributed by atoms with Crippen molar-refractivity contribution in [1.29, 1.82) is 0 Å². The maximum atomic E-state index is 12.9. The number of nitrogens with zero attached hydrogens (tertiary/aromatic N) is 2. The van der Waals surface area contributed by atoms with Crippen molar-refractivity contribution in [3.05, 3.63) is 50.9 Å². The third kappa shape index (κ3) is 3.97. The number of fused-ring (bicyclic) bond motifs is 1. The molecule has 0 radical (unpaired) electrons. The Morgan fingerprint density at radius 1 is 1.24 bits per heavy atom. The second kappa shape index (κ2) is 8.08. The number of esters is 1. The van der Waals surface area contributed by atoms with Crippen LogP contribution in [0.25, 0.3) is 21.3 Å². The van der Waals surface area contributed by atoms with Gasteiger partial charge in [-0.25, -0.2) is 4.98 Å². The van der Waals surface area contributed by atoms with E-state index in [1.165, 1.54) is 12.7 Å². The van der Waals surface area contributed by atoms with Crippen LogP contribution >= 0.6 is 11.3 Å². The number of thiophene rings is 1. The number of aryl methyl sites for hydroxylation is 2. The number of likely N-dealkylation sites (tertiary alicyclic amines) is 1. The fraction of sp³-hybridized carbons (Fsp3) is 0.409. The van der Waals surface area contributed by atoms with Crippen LogP contribution in [0.1, 0.15) is 29.1 Å². The number of ether oxygens (including phenoxy) is 1. The van der Waals surface area contributed by atoms with Crippen molar-refractivity contribution in [2.75, 3.05) is 20.2 Å². The highest BCUT2D eigenvalue weighted by Gasteiger charge is 2.26. The molecule has 0 spiro atoms. The molecule has 1 aromatic carbocycles. The molecule has 0 aliphatic carbocycles. The number of benzene rings is 1. The molecule has 2 aromatic heterocycles. The highest BCUT2D eigenvalue weighted by molar-refractivity contribution is 7.19. The fourth-order valence-electron chi connectivity index (χ4n) is 4.01. The molecule has 29 heavy (non-hydrogen) atoms. The minimum Gasteiger partial charge on any atom is -0.469 e. The third-order valence-corrected chi connectivity index (χ3v) is 6.62. The van der Waals surface area contributed by atoms with E-state index in [4.69, 9.17) is 9.72 Å². The molecule has 0 bridgehead atoms. The van der Waals surface area contributed by atoms with Crippen LogP contribution in [0, 0.1) is 19.8 Å². The first-order valence-corrected chi connectivity index (χ1v) is 10.7. The zero-order valence-electron chi connectivity index (χ0n) is 16.9. The summed E-state index contributed by atoms with van der Waals surface area (Å²) in [6.45, 7) is 6.25. The molecule has 0 atom stereocenters. The molecular formula is C22H25N3O3S. The molecule has 7 heteroatoms. The van der Waals surface area contributed by atoms with E-state index in [9.17, 15) is 9.59 Å². The molecule has 1 N–H and O–H groups in total. The van der Waals surface area contributed by atoms with Gasteiger partial charge in [-0.1, -0.05) is 29.8 Å². The first kappa shape index (κ1) is 19.8. The van der Waals surface area contributed by atoms with Gasteiger partial charge in [-0.3, -0.25) is 14.5 Å². The molecule has 0 unspecified atom stereocenters. The number of piperidine rings is 1. The summed E-state index contributed by atoms with van der Waals surface area (Å²) in [6, 6.07) is 8.24. The van der Waals surface area contributed by atoms with E-state index in [2.05, 4.69) is 41.1 Å². The van der Waals surface area contributed by atoms with E-state index in [0.717, 1.165) is 46.8 Å². The van der Waals surface area contributed by atoms with Crippen molar-refractivity contribution < 1.29 is 9.53 Å². The average Bonchev–Trinajstić information content (AvgIpc) is 3.05. The summed E-state index contributed by atoms with van der Waals surface area (Å²) in [4.78, 5) is 36.5. The Bertz CT molecular complexity index is 1090. The van der Waals surface area contributed by atoms with E-state index < -0.39 is 0 Å². The molecule has 152 valence electrons. The number of hydrogen-bond acceptors (Lipinski definition) is 6. The predicted molar refractivity (Wildman–Crippen MR) is 115 cm³/mol. The first-order valence-electron chi connectivity index (χ1n) is 9.85. The maximum Gasteiger partial charge on any atom is 0.308 e. The Hall–Kier alpha value is -2.51. The number of aromatic amines is 1. The van der Waals surface area contributed by atoms with Crippen molar-refractivity contribution in [3.8, 4) is 11.1 Å². The monoisotopic (exact) mass is 411 g/mol. The number of carbonyl (C=O) groups excluding carboxylic acids is 1. The fourth-order valence-corrected chi connectivity index (χ4v) is 5.08. The standard InChI is InChI=1S/C22H25N3O3S/c1-13-4-6-15(7-5-13)18-14(2)29-21-19(18)20(26)23-17(24-21)12-25-10-8-16(9-11-25)22(27)28-3/h4-7,16H,8-12H2,1-3H3,(H,23,24,26). The number of H-pyrrole nitrogens is 1. The molecule has 1 aliphatic heterocycles. The van der Waals surface area contributed by atoms with Gasteiger partial charge in [-0.2, -0.15) is 0 Å². The second-order valence-corrected chi connectivity index (χ2v) is 8.87. The Balaban J connectivity index is 1.58. The smallest absolute Gasteiger partial charge is 0.308 e. The molecule has 1 saturated heterocycles. The minimum atomic E-state index is -0.129. The van der Waals surface area contributed by atoms with E-state index >= 15 is 0 Å². The summed E-state index contributed by atoms with van der Waals surface area (Å²) in [5, 5.41) is 0.671.